The fourth-order valence-corrected chi connectivity index (χ4v) is 2.85. The topological polar surface area (TPSA) is 26.0 Å². The van der Waals surface area contributed by atoms with Crippen molar-refractivity contribution in [3.63, 3.8) is 0 Å². The molecule has 0 bridgehead atoms. The Labute approximate surface area is 122 Å². The summed E-state index contributed by atoms with van der Waals surface area (Å²) < 4.78 is 26.2. The van der Waals surface area contributed by atoms with Gasteiger partial charge in [0.2, 0.25) is 0 Å². The molecule has 2 aromatic rings. The van der Waals surface area contributed by atoms with Gasteiger partial charge in [-0.2, -0.15) is 0 Å². The van der Waals surface area contributed by atoms with Crippen LogP contribution < -0.4 is 5.73 Å². The average molecular weight is 293 g/mol. The van der Waals surface area contributed by atoms with Gasteiger partial charge in [-0.3, -0.25) is 0 Å². The maximum absolute atomic E-state index is 13.2. The van der Waals surface area contributed by atoms with E-state index in [1.807, 2.05) is 24.3 Å². The van der Waals surface area contributed by atoms with Gasteiger partial charge >= 0.3 is 0 Å². The molecule has 106 valence electrons. The van der Waals surface area contributed by atoms with E-state index in [4.69, 9.17) is 5.73 Å². The second kappa shape index (κ2) is 6.86. The van der Waals surface area contributed by atoms with Crippen molar-refractivity contribution >= 4 is 11.8 Å². The largest absolute Gasteiger partial charge is 0.327 e. The minimum Gasteiger partial charge on any atom is -0.327 e. The SMILES string of the molecule is CCC(N)Cc1ccccc1Sc1ccc(F)c(F)c1. The molecule has 0 spiro atoms. The fourth-order valence-electron chi connectivity index (χ4n) is 1.87. The third kappa shape index (κ3) is 3.81. The molecular weight excluding hydrogens is 276 g/mol. The molecule has 0 saturated heterocycles. The monoisotopic (exact) mass is 293 g/mol. The van der Waals surface area contributed by atoms with Crippen molar-refractivity contribution in [2.45, 2.75) is 35.6 Å². The Morgan fingerprint density at radius 1 is 1.10 bits per heavy atom. The zero-order valence-corrected chi connectivity index (χ0v) is 12.1. The molecular formula is C16H17F2NS. The molecule has 0 aliphatic carbocycles. The Bertz CT molecular complexity index is 586. The lowest BCUT2D eigenvalue weighted by molar-refractivity contribution is 0.506. The highest BCUT2D eigenvalue weighted by molar-refractivity contribution is 7.99. The van der Waals surface area contributed by atoms with Crippen molar-refractivity contribution in [1.82, 2.24) is 0 Å². The van der Waals surface area contributed by atoms with Gasteiger partial charge in [0.25, 0.3) is 0 Å². The summed E-state index contributed by atoms with van der Waals surface area (Å²) in [4.78, 5) is 1.71. The summed E-state index contributed by atoms with van der Waals surface area (Å²) in [7, 11) is 0. The summed E-state index contributed by atoms with van der Waals surface area (Å²) in [6, 6.07) is 12.0. The molecule has 2 aromatic carbocycles. The fraction of sp³-hybridized carbons (Fsp3) is 0.250. The third-order valence-electron chi connectivity index (χ3n) is 3.10. The van der Waals surface area contributed by atoms with Crippen LogP contribution in [0.5, 0.6) is 0 Å². The van der Waals surface area contributed by atoms with Crippen molar-refractivity contribution in [3.05, 3.63) is 59.7 Å². The minimum atomic E-state index is -0.823. The summed E-state index contributed by atoms with van der Waals surface area (Å²) in [5.41, 5.74) is 7.13. The van der Waals surface area contributed by atoms with E-state index in [-0.39, 0.29) is 6.04 Å². The summed E-state index contributed by atoms with van der Waals surface area (Å²) in [5.74, 6) is -1.65. The summed E-state index contributed by atoms with van der Waals surface area (Å²) >= 11 is 1.43. The number of benzene rings is 2. The van der Waals surface area contributed by atoms with Crippen LogP contribution in [0.2, 0.25) is 0 Å². The van der Waals surface area contributed by atoms with Crippen LogP contribution in [0.1, 0.15) is 18.9 Å². The zero-order chi connectivity index (χ0) is 14.5. The molecule has 1 unspecified atom stereocenters. The summed E-state index contributed by atoms with van der Waals surface area (Å²) in [6.07, 6.45) is 1.69. The quantitative estimate of drug-likeness (QED) is 0.884. The van der Waals surface area contributed by atoms with E-state index < -0.39 is 11.6 Å². The molecule has 0 aromatic heterocycles. The van der Waals surface area contributed by atoms with Crippen LogP contribution in [0, 0.1) is 11.6 Å². The van der Waals surface area contributed by atoms with Crippen molar-refractivity contribution in [2.24, 2.45) is 5.73 Å². The second-order valence-electron chi connectivity index (χ2n) is 4.66. The molecule has 1 nitrogen and oxygen atoms in total. The molecule has 0 heterocycles. The second-order valence-corrected chi connectivity index (χ2v) is 5.77. The van der Waals surface area contributed by atoms with Gasteiger partial charge in [-0.05, 0) is 42.7 Å². The van der Waals surface area contributed by atoms with Gasteiger partial charge < -0.3 is 5.73 Å². The molecule has 0 amide bonds. The molecule has 0 saturated carbocycles. The van der Waals surface area contributed by atoms with Crippen molar-refractivity contribution in [3.8, 4) is 0 Å². The molecule has 2 rings (SSSR count). The molecule has 0 fully saturated rings. The lowest BCUT2D eigenvalue weighted by atomic mass is 10.1. The van der Waals surface area contributed by atoms with Gasteiger partial charge in [-0.1, -0.05) is 36.9 Å². The highest BCUT2D eigenvalue weighted by Crippen LogP contribution is 2.31. The predicted molar refractivity (Wildman–Crippen MR) is 78.9 cm³/mol. The number of nitrogens with two attached hydrogens (primary N) is 1. The number of hydrogen-bond acceptors (Lipinski definition) is 2. The van der Waals surface area contributed by atoms with Gasteiger partial charge in [-0.25, -0.2) is 8.78 Å². The van der Waals surface area contributed by atoms with Crippen molar-refractivity contribution in [1.29, 1.82) is 0 Å². The van der Waals surface area contributed by atoms with Crippen LogP contribution in [-0.2, 0) is 6.42 Å². The average Bonchev–Trinajstić information content (AvgIpc) is 2.45. The van der Waals surface area contributed by atoms with Crippen molar-refractivity contribution < 1.29 is 8.78 Å². The van der Waals surface area contributed by atoms with E-state index in [9.17, 15) is 8.78 Å². The maximum atomic E-state index is 13.2. The van der Waals surface area contributed by atoms with Crippen LogP contribution >= 0.6 is 11.8 Å². The highest BCUT2D eigenvalue weighted by atomic mass is 32.2. The number of rotatable bonds is 5. The minimum absolute atomic E-state index is 0.113. The lowest BCUT2D eigenvalue weighted by Crippen LogP contribution is -2.21. The third-order valence-corrected chi connectivity index (χ3v) is 4.21. The van der Waals surface area contributed by atoms with Crippen LogP contribution in [0.25, 0.3) is 0 Å². The van der Waals surface area contributed by atoms with E-state index in [0.29, 0.717) is 4.90 Å². The first-order valence-corrected chi connectivity index (χ1v) is 7.38. The summed E-state index contributed by atoms with van der Waals surface area (Å²) in [6.45, 7) is 2.05. The Kier molecular flexibility index (Phi) is 5.15. The van der Waals surface area contributed by atoms with Crippen LogP contribution in [0.3, 0.4) is 0 Å². The first-order chi connectivity index (χ1) is 9.60. The van der Waals surface area contributed by atoms with Gasteiger partial charge in [-0.15, -0.1) is 0 Å². The zero-order valence-electron chi connectivity index (χ0n) is 11.3. The van der Waals surface area contributed by atoms with Crippen molar-refractivity contribution in [2.75, 3.05) is 0 Å². The lowest BCUT2D eigenvalue weighted by Gasteiger charge is -2.13. The highest BCUT2D eigenvalue weighted by Gasteiger charge is 2.09. The Morgan fingerprint density at radius 2 is 1.85 bits per heavy atom. The smallest absolute Gasteiger partial charge is 0.159 e. The van der Waals surface area contributed by atoms with Crippen LogP contribution in [0.15, 0.2) is 52.3 Å². The van der Waals surface area contributed by atoms with E-state index in [0.717, 1.165) is 29.4 Å². The van der Waals surface area contributed by atoms with Crippen LogP contribution in [-0.4, -0.2) is 6.04 Å². The predicted octanol–water partition coefficient (Wildman–Crippen LogP) is 4.40. The van der Waals surface area contributed by atoms with E-state index in [1.165, 1.54) is 17.8 Å². The maximum Gasteiger partial charge on any atom is 0.159 e. The molecule has 2 N–H and O–H groups in total. The first kappa shape index (κ1) is 15.0. The normalized spacial score (nSPS) is 12.4. The Balaban J connectivity index is 2.22. The number of hydrogen-bond donors (Lipinski definition) is 1. The standard InChI is InChI=1S/C16H17F2NS/c1-2-12(19)9-11-5-3-4-6-16(11)20-13-7-8-14(17)15(18)10-13/h3-8,10,12H,2,9,19H2,1H3. The van der Waals surface area contributed by atoms with Crippen LogP contribution in [0.4, 0.5) is 8.78 Å². The van der Waals surface area contributed by atoms with Gasteiger partial charge in [0.15, 0.2) is 11.6 Å². The molecule has 0 aliphatic heterocycles. The number of halogens is 2. The van der Waals surface area contributed by atoms with E-state index in [2.05, 4.69) is 6.92 Å². The van der Waals surface area contributed by atoms with Gasteiger partial charge in [0.1, 0.15) is 0 Å². The molecule has 0 radical (unpaired) electrons. The Morgan fingerprint density at radius 3 is 2.55 bits per heavy atom. The molecule has 1 atom stereocenters. The van der Waals surface area contributed by atoms with Gasteiger partial charge in [0.05, 0.1) is 0 Å². The van der Waals surface area contributed by atoms with E-state index >= 15 is 0 Å². The van der Waals surface area contributed by atoms with Gasteiger partial charge in [0, 0.05) is 15.8 Å². The first-order valence-electron chi connectivity index (χ1n) is 6.56. The molecule has 20 heavy (non-hydrogen) atoms. The molecule has 0 aliphatic rings. The van der Waals surface area contributed by atoms with E-state index in [1.54, 1.807) is 6.07 Å². The summed E-state index contributed by atoms with van der Waals surface area (Å²) in [5, 5.41) is 0. The Hall–Kier alpha value is -1.39. The molecule has 4 heteroatoms.